The summed E-state index contributed by atoms with van der Waals surface area (Å²) in [6, 6.07) is 7.13. The van der Waals surface area contributed by atoms with Crippen LogP contribution in [-0.4, -0.2) is 56.1 Å². The van der Waals surface area contributed by atoms with Crippen LogP contribution in [0.2, 0.25) is 0 Å². The molecule has 1 N–H and O–H groups in total. The van der Waals surface area contributed by atoms with Crippen LogP contribution in [0.1, 0.15) is 12.5 Å². The summed E-state index contributed by atoms with van der Waals surface area (Å²) in [5.74, 6) is -1.60. The van der Waals surface area contributed by atoms with Crippen LogP contribution < -0.4 is 4.18 Å². The monoisotopic (exact) mass is 485 g/mol. The van der Waals surface area contributed by atoms with Crippen LogP contribution in [0.3, 0.4) is 0 Å². The zero-order chi connectivity index (χ0) is 22.2. The first-order valence-corrected chi connectivity index (χ1v) is 14.3. The molecule has 0 aliphatic carbocycles. The lowest BCUT2D eigenvalue weighted by Crippen LogP contribution is -2.40. The summed E-state index contributed by atoms with van der Waals surface area (Å²) < 4.78 is 97.3. The Bertz CT molecular complexity index is 1250. The van der Waals surface area contributed by atoms with Crippen molar-refractivity contribution in [1.29, 1.82) is 0 Å². The van der Waals surface area contributed by atoms with Gasteiger partial charge in [-0.15, -0.1) is 0 Å². The van der Waals surface area contributed by atoms with Crippen LogP contribution in [0.15, 0.2) is 35.2 Å². The van der Waals surface area contributed by atoms with E-state index in [-0.39, 0.29) is 14.4 Å². The Balaban J connectivity index is 2.55. The average molecular weight is 486 g/mol. The lowest BCUT2D eigenvalue weighted by molar-refractivity contribution is 0.466. The number of aryl methyl sites for hydroxylation is 1. The predicted octanol–water partition coefficient (Wildman–Crippen LogP) is 0.870. The highest BCUT2D eigenvalue weighted by atomic mass is 32.3. The van der Waals surface area contributed by atoms with Crippen LogP contribution in [0.5, 0.6) is 5.75 Å². The molecule has 0 saturated heterocycles. The van der Waals surface area contributed by atoms with Crippen LogP contribution >= 0.6 is 0 Å². The van der Waals surface area contributed by atoms with E-state index in [0.29, 0.717) is 35.3 Å². The molecule has 0 aliphatic heterocycles. The molecule has 0 bridgehead atoms. The minimum Gasteiger partial charge on any atom is -0.381 e. The van der Waals surface area contributed by atoms with E-state index >= 15 is 0 Å². The maximum atomic E-state index is 12.4. The predicted molar refractivity (Wildman–Crippen MR) is 108 cm³/mol. The molecule has 0 fully saturated rings. The van der Waals surface area contributed by atoms with Gasteiger partial charge in [-0.1, -0.05) is 22.8 Å². The van der Waals surface area contributed by atoms with Gasteiger partial charge in [0, 0.05) is 5.39 Å². The summed E-state index contributed by atoms with van der Waals surface area (Å²) in [7, 11) is -13.5. The summed E-state index contributed by atoms with van der Waals surface area (Å²) in [5.41, 5.74) is 0.514. The van der Waals surface area contributed by atoms with E-state index in [1.54, 1.807) is 13.0 Å². The van der Waals surface area contributed by atoms with E-state index < -0.39 is 47.1 Å². The molecule has 2 aromatic rings. The molecular weight excluding hydrogens is 466 g/mol. The van der Waals surface area contributed by atoms with Gasteiger partial charge in [0.1, 0.15) is 5.75 Å². The summed E-state index contributed by atoms with van der Waals surface area (Å²) in [4.78, 5) is 0.167. The van der Waals surface area contributed by atoms with Gasteiger partial charge in [-0.05, 0) is 35.6 Å². The molecular formula is C15H19NO9S4. The smallest absolute Gasteiger partial charge is 0.324 e. The Kier molecular flexibility index (Phi) is 6.76. The van der Waals surface area contributed by atoms with E-state index in [2.05, 4.69) is 0 Å². The second-order valence-electron chi connectivity index (χ2n) is 6.07. The first-order chi connectivity index (χ1) is 13.2. The molecule has 2 rings (SSSR count). The topological polar surface area (TPSA) is 152 Å². The summed E-state index contributed by atoms with van der Waals surface area (Å²) in [6.45, 7) is 1.76. The van der Waals surface area contributed by atoms with Crippen molar-refractivity contribution in [2.75, 3.05) is 18.4 Å². The van der Waals surface area contributed by atoms with E-state index in [4.69, 9.17) is 4.18 Å². The summed E-state index contributed by atoms with van der Waals surface area (Å²) in [5, 5.41) is 0.774. The van der Waals surface area contributed by atoms with E-state index in [9.17, 15) is 34.0 Å². The molecule has 1 unspecified atom stereocenters. The van der Waals surface area contributed by atoms with Gasteiger partial charge in [-0.25, -0.2) is 21.0 Å². The van der Waals surface area contributed by atoms with Gasteiger partial charge in [-0.2, -0.15) is 8.42 Å². The molecule has 0 amide bonds. The molecule has 0 aromatic heterocycles. The van der Waals surface area contributed by atoms with E-state index in [1.807, 2.05) is 0 Å². The van der Waals surface area contributed by atoms with Crippen molar-refractivity contribution >= 4 is 52.0 Å². The Morgan fingerprint density at radius 3 is 2.03 bits per heavy atom. The zero-order valence-electron chi connectivity index (χ0n) is 15.6. The fraction of sp³-hybridized carbons (Fsp3) is 0.333. The molecule has 0 spiro atoms. The third-order valence-electron chi connectivity index (χ3n) is 3.85. The molecule has 2 aromatic carbocycles. The van der Waals surface area contributed by atoms with Gasteiger partial charge < -0.3 is 8.74 Å². The van der Waals surface area contributed by atoms with Crippen molar-refractivity contribution in [3.63, 3.8) is 0 Å². The van der Waals surface area contributed by atoms with E-state index in [1.165, 1.54) is 24.3 Å². The third kappa shape index (κ3) is 5.52. The van der Waals surface area contributed by atoms with Gasteiger partial charge in [-0.3, -0.25) is 0 Å². The number of hydrogen-bond donors (Lipinski definition) is 1. The first kappa shape index (κ1) is 23.7. The minimum atomic E-state index is -4.68. The van der Waals surface area contributed by atoms with Gasteiger partial charge in [0.15, 0.2) is 17.0 Å². The SMILES string of the molecule is CCc1c(S(=O)O)ccc2c(OS(=O)(=O)CN(S(C)(=O)=O)S(C)(=O)=O)cccc12. The molecule has 162 valence electrons. The lowest BCUT2D eigenvalue weighted by Gasteiger charge is -2.18. The maximum absolute atomic E-state index is 12.4. The second-order valence-corrected chi connectivity index (χ2v) is 12.6. The standard InChI is InChI=1S/C15H19NO9S4/c1-4-11-12-6-5-7-14(13(12)8-9-15(11)26(17)18)25-29(23,24)10-16(27(2,19)20)28(3,21)22/h5-9H,4,10H2,1-3H3,(H,17,18). The maximum Gasteiger partial charge on any atom is 0.324 e. The van der Waals surface area contributed by atoms with Crippen LogP contribution in [0.4, 0.5) is 0 Å². The van der Waals surface area contributed by atoms with E-state index in [0.717, 1.165) is 0 Å². The first-order valence-electron chi connectivity index (χ1n) is 7.93. The molecule has 29 heavy (non-hydrogen) atoms. The van der Waals surface area contributed by atoms with Gasteiger partial charge >= 0.3 is 10.1 Å². The highest BCUT2D eigenvalue weighted by Gasteiger charge is 2.33. The lowest BCUT2D eigenvalue weighted by atomic mass is 10.0. The van der Waals surface area contributed by atoms with Crippen molar-refractivity contribution in [2.24, 2.45) is 0 Å². The fourth-order valence-electron chi connectivity index (χ4n) is 2.70. The zero-order valence-corrected chi connectivity index (χ0v) is 18.9. The third-order valence-corrected chi connectivity index (χ3v) is 9.31. The molecule has 14 heteroatoms. The normalized spacial score (nSPS) is 14.2. The largest absolute Gasteiger partial charge is 0.381 e. The van der Waals surface area contributed by atoms with Crippen LogP contribution in [0, 0.1) is 0 Å². The Morgan fingerprint density at radius 2 is 1.55 bits per heavy atom. The van der Waals surface area contributed by atoms with Gasteiger partial charge in [0.25, 0.3) is 0 Å². The number of benzene rings is 2. The van der Waals surface area contributed by atoms with Crippen molar-refractivity contribution in [1.82, 2.24) is 3.71 Å². The molecule has 0 aliphatic rings. The average Bonchev–Trinajstić information content (AvgIpc) is 2.56. The van der Waals surface area contributed by atoms with Crippen molar-refractivity contribution < 1.29 is 38.2 Å². The molecule has 10 nitrogen and oxygen atoms in total. The Hall–Kier alpha value is -1.58. The molecule has 0 radical (unpaired) electrons. The van der Waals surface area contributed by atoms with Crippen LogP contribution in [-0.2, 0) is 47.7 Å². The molecule has 1 atom stereocenters. The molecule has 0 saturated carbocycles. The summed E-state index contributed by atoms with van der Waals surface area (Å²) in [6.07, 6.45) is 1.50. The van der Waals surface area contributed by atoms with Crippen LogP contribution in [0.25, 0.3) is 10.8 Å². The fourth-order valence-corrected chi connectivity index (χ4v) is 8.36. The quantitative estimate of drug-likeness (QED) is 0.424. The van der Waals surface area contributed by atoms with Crippen molar-refractivity contribution in [2.45, 2.75) is 18.2 Å². The summed E-state index contributed by atoms with van der Waals surface area (Å²) >= 11 is -2.25. The highest BCUT2D eigenvalue weighted by molar-refractivity contribution is 8.04. The Morgan fingerprint density at radius 1 is 0.966 bits per heavy atom. The minimum absolute atomic E-state index is 0.167. The van der Waals surface area contributed by atoms with Gasteiger partial charge in [0.2, 0.25) is 20.0 Å². The number of nitrogens with zero attached hydrogens (tertiary/aromatic N) is 1. The van der Waals surface area contributed by atoms with Crippen molar-refractivity contribution in [3.8, 4) is 5.75 Å². The number of sulfonamides is 2. The second kappa shape index (κ2) is 8.28. The Labute approximate surface area is 172 Å². The number of fused-ring (bicyclic) bond motifs is 1. The highest BCUT2D eigenvalue weighted by Crippen LogP contribution is 2.32. The van der Waals surface area contributed by atoms with Gasteiger partial charge in [0.05, 0.1) is 17.4 Å². The number of rotatable bonds is 8. The molecule has 0 heterocycles. The number of hydrogen-bond acceptors (Lipinski definition) is 8. The van der Waals surface area contributed by atoms with Crippen molar-refractivity contribution in [3.05, 3.63) is 35.9 Å².